The number of unbranched alkanes of at least 4 members (excludes halogenated alkanes) is 3. The average molecular weight is 318 g/mol. The van der Waals surface area contributed by atoms with Crippen LogP contribution in [0, 0.1) is 0 Å². The van der Waals surface area contributed by atoms with E-state index >= 15 is 0 Å². The minimum Gasteiger partial charge on any atom is -0.460 e. The lowest BCUT2D eigenvalue weighted by Gasteiger charge is -2.19. The topological polar surface area (TPSA) is 54.0 Å². The Bertz CT molecular complexity index is 270. The summed E-state index contributed by atoms with van der Waals surface area (Å²) in [4.78, 5) is 10.8. The van der Waals surface area contributed by atoms with Gasteiger partial charge in [-0.25, -0.2) is 0 Å². The highest BCUT2D eigenvalue weighted by atomic mass is 16.6. The molecular weight excluding hydrogens is 284 g/mol. The molecule has 3 unspecified atom stereocenters. The number of carbonyl (C=O) groups is 1. The SMILES string of the molecule is CCCCCCOCC(C)OCC(C)OCC(C)OC(C)=O. The first-order valence-corrected chi connectivity index (χ1v) is 8.43. The number of carbonyl (C=O) groups excluding carboxylic acids is 1. The van der Waals surface area contributed by atoms with Crippen LogP contribution >= 0.6 is 0 Å². The van der Waals surface area contributed by atoms with Crippen molar-refractivity contribution in [1.82, 2.24) is 0 Å². The summed E-state index contributed by atoms with van der Waals surface area (Å²) in [6.07, 6.45) is 4.66. The summed E-state index contributed by atoms with van der Waals surface area (Å²) in [5.74, 6) is -0.287. The molecule has 0 saturated heterocycles. The van der Waals surface area contributed by atoms with Crippen molar-refractivity contribution in [3.05, 3.63) is 0 Å². The van der Waals surface area contributed by atoms with Crippen molar-refractivity contribution in [2.45, 2.75) is 78.6 Å². The van der Waals surface area contributed by atoms with Crippen LogP contribution < -0.4 is 0 Å². The van der Waals surface area contributed by atoms with Crippen LogP contribution in [0.25, 0.3) is 0 Å². The fourth-order valence-corrected chi connectivity index (χ4v) is 1.89. The first kappa shape index (κ1) is 21.4. The predicted octanol–water partition coefficient (Wildman–Crippen LogP) is 3.35. The molecule has 0 aliphatic rings. The summed E-state index contributed by atoms with van der Waals surface area (Å²) < 4.78 is 21.9. The van der Waals surface area contributed by atoms with Crippen molar-refractivity contribution in [2.75, 3.05) is 26.4 Å². The minimum atomic E-state index is -0.287. The molecule has 0 rings (SSSR count). The van der Waals surface area contributed by atoms with Crippen molar-refractivity contribution >= 4 is 5.97 Å². The lowest BCUT2D eigenvalue weighted by atomic mass is 10.2. The van der Waals surface area contributed by atoms with E-state index in [4.69, 9.17) is 18.9 Å². The van der Waals surface area contributed by atoms with Crippen molar-refractivity contribution in [1.29, 1.82) is 0 Å². The lowest BCUT2D eigenvalue weighted by molar-refractivity contribution is -0.150. The van der Waals surface area contributed by atoms with Gasteiger partial charge in [-0.3, -0.25) is 4.79 Å². The van der Waals surface area contributed by atoms with Crippen molar-refractivity contribution in [3.63, 3.8) is 0 Å². The van der Waals surface area contributed by atoms with Gasteiger partial charge in [0.15, 0.2) is 0 Å². The van der Waals surface area contributed by atoms with Crippen LogP contribution in [0.1, 0.15) is 60.3 Å². The van der Waals surface area contributed by atoms with Gasteiger partial charge >= 0.3 is 5.97 Å². The van der Waals surface area contributed by atoms with E-state index in [2.05, 4.69) is 6.92 Å². The monoisotopic (exact) mass is 318 g/mol. The molecule has 3 atom stereocenters. The van der Waals surface area contributed by atoms with Crippen LogP contribution in [0.15, 0.2) is 0 Å². The maximum Gasteiger partial charge on any atom is 0.302 e. The molecule has 0 aromatic carbocycles. The van der Waals surface area contributed by atoms with E-state index in [1.807, 2.05) is 20.8 Å². The summed E-state index contributed by atoms with van der Waals surface area (Å²) in [6, 6.07) is 0. The lowest BCUT2D eigenvalue weighted by Crippen LogP contribution is -2.27. The van der Waals surface area contributed by atoms with Gasteiger partial charge in [-0.1, -0.05) is 26.2 Å². The van der Waals surface area contributed by atoms with Gasteiger partial charge in [0, 0.05) is 13.5 Å². The van der Waals surface area contributed by atoms with Gasteiger partial charge in [-0.15, -0.1) is 0 Å². The molecule has 0 aromatic rings. The van der Waals surface area contributed by atoms with Gasteiger partial charge in [0.1, 0.15) is 6.10 Å². The number of hydrogen-bond acceptors (Lipinski definition) is 5. The third-order valence-corrected chi connectivity index (χ3v) is 3.09. The second-order valence-electron chi connectivity index (χ2n) is 5.84. The Balaban J connectivity index is 3.51. The molecule has 0 fully saturated rings. The number of rotatable bonds is 14. The van der Waals surface area contributed by atoms with Crippen LogP contribution in [0.4, 0.5) is 0 Å². The maximum absolute atomic E-state index is 10.8. The highest BCUT2D eigenvalue weighted by molar-refractivity contribution is 5.66. The standard InChI is InChI=1S/C17H34O5/c1-6-7-8-9-10-19-11-14(2)20-12-15(3)21-13-16(4)22-17(5)18/h14-16H,6-13H2,1-5H3. The minimum absolute atomic E-state index is 0.0370. The molecule has 132 valence electrons. The molecule has 0 N–H and O–H groups in total. The molecule has 0 radical (unpaired) electrons. The summed E-state index contributed by atoms with van der Waals surface area (Å²) in [6.45, 7) is 11.7. The molecule has 0 amide bonds. The summed E-state index contributed by atoms with van der Waals surface area (Å²) >= 11 is 0. The van der Waals surface area contributed by atoms with Gasteiger partial charge in [-0.05, 0) is 27.2 Å². The average Bonchev–Trinajstić information content (AvgIpc) is 2.46. The largest absolute Gasteiger partial charge is 0.460 e. The normalized spacial score (nSPS) is 15.3. The van der Waals surface area contributed by atoms with Crippen LogP contribution in [-0.4, -0.2) is 50.7 Å². The van der Waals surface area contributed by atoms with E-state index in [9.17, 15) is 4.79 Å². The Morgan fingerprint density at radius 2 is 1.45 bits per heavy atom. The van der Waals surface area contributed by atoms with E-state index in [0.29, 0.717) is 19.8 Å². The van der Waals surface area contributed by atoms with Crippen molar-refractivity contribution in [3.8, 4) is 0 Å². The first-order valence-electron chi connectivity index (χ1n) is 8.43. The van der Waals surface area contributed by atoms with Gasteiger partial charge in [-0.2, -0.15) is 0 Å². The Hall–Kier alpha value is -0.650. The highest BCUT2D eigenvalue weighted by Gasteiger charge is 2.11. The smallest absolute Gasteiger partial charge is 0.302 e. The van der Waals surface area contributed by atoms with Crippen molar-refractivity contribution < 1.29 is 23.7 Å². The number of ether oxygens (including phenoxy) is 4. The fourth-order valence-electron chi connectivity index (χ4n) is 1.89. The maximum atomic E-state index is 10.8. The molecule has 0 bridgehead atoms. The zero-order chi connectivity index (χ0) is 16.8. The zero-order valence-electron chi connectivity index (χ0n) is 14.9. The molecule has 0 spiro atoms. The van der Waals surface area contributed by atoms with Crippen LogP contribution in [0.3, 0.4) is 0 Å². The Morgan fingerprint density at radius 1 is 0.864 bits per heavy atom. The van der Waals surface area contributed by atoms with Crippen LogP contribution in [0.5, 0.6) is 0 Å². The van der Waals surface area contributed by atoms with Crippen molar-refractivity contribution in [2.24, 2.45) is 0 Å². The molecule has 0 heterocycles. The molecule has 0 aromatic heterocycles. The molecule has 0 aliphatic heterocycles. The fraction of sp³-hybridized carbons (Fsp3) is 0.941. The van der Waals surface area contributed by atoms with Gasteiger partial charge in [0.2, 0.25) is 0 Å². The quantitative estimate of drug-likeness (QED) is 0.363. The molecular formula is C17H34O5. The molecule has 0 aliphatic carbocycles. The third kappa shape index (κ3) is 14.3. The van der Waals surface area contributed by atoms with Gasteiger partial charge in [0.05, 0.1) is 32.0 Å². The number of esters is 1. The van der Waals surface area contributed by atoms with Gasteiger partial charge in [0.25, 0.3) is 0 Å². The van der Waals surface area contributed by atoms with E-state index in [1.54, 1.807) is 0 Å². The molecule has 22 heavy (non-hydrogen) atoms. The Kier molecular flexibility index (Phi) is 13.6. The Labute approximate surface area is 135 Å². The highest BCUT2D eigenvalue weighted by Crippen LogP contribution is 2.02. The molecule has 0 saturated carbocycles. The zero-order valence-corrected chi connectivity index (χ0v) is 14.9. The van der Waals surface area contributed by atoms with Gasteiger partial charge < -0.3 is 18.9 Å². The third-order valence-electron chi connectivity index (χ3n) is 3.09. The molecule has 5 heteroatoms. The Morgan fingerprint density at radius 3 is 2.05 bits per heavy atom. The van der Waals surface area contributed by atoms with Crippen LogP contribution in [-0.2, 0) is 23.7 Å². The van der Waals surface area contributed by atoms with E-state index < -0.39 is 0 Å². The van der Waals surface area contributed by atoms with E-state index in [-0.39, 0.29) is 24.3 Å². The predicted molar refractivity (Wildman–Crippen MR) is 87.0 cm³/mol. The second-order valence-corrected chi connectivity index (χ2v) is 5.84. The summed E-state index contributed by atoms with van der Waals surface area (Å²) in [5.41, 5.74) is 0. The first-order chi connectivity index (χ1) is 10.5. The van der Waals surface area contributed by atoms with E-state index in [1.165, 1.54) is 26.2 Å². The van der Waals surface area contributed by atoms with E-state index in [0.717, 1.165) is 13.0 Å². The number of hydrogen-bond donors (Lipinski definition) is 0. The summed E-state index contributed by atoms with van der Waals surface area (Å²) in [5, 5.41) is 0. The van der Waals surface area contributed by atoms with Crippen LogP contribution in [0.2, 0.25) is 0 Å². The summed E-state index contributed by atoms with van der Waals surface area (Å²) in [7, 11) is 0. The molecule has 5 nitrogen and oxygen atoms in total. The second kappa shape index (κ2) is 14.0.